The van der Waals surface area contributed by atoms with E-state index < -0.39 is 0 Å². The van der Waals surface area contributed by atoms with Gasteiger partial charge in [-0.15, -0.1) is 0 Å². The van der Waals surface area contributed by atoms with Gasteiger partial charge in [0.25, 0.3) is 0 Å². The fourth-order valence-electron chi connectivity index (χ4n) is 2.88. The van der Waals surface area contributed by atoms with Gasteiger partial charge in [0.1, 0.15) is 5.78 Å². The summed E-state index contributed by atoms with van der Waals surface area (Å²) in [5.41, 5.74) is 2.45. The van der Waals surface area contributed by atoms with E-state index in [9.17, 15) is 14.4 Å². The van der Waals surface area contributed by atoms with Crippen LogP contribution in [0.5, 0.6) is 0 Å². The molecule has 23 heavy (non-hydrogen) atoms. The maximum absolute atomic E-state index is 12.9. The van der Waals surface area contributed by atoms with Crippen molar-refractivity contribution in [3.05, 3.63) is 76.9 Å². The third-order valence-electron chi connectivity index (χ3n) is 4.01. The second-order valence-electron chi connectivity index (χ2n) is 5.63. The van der Waals surface area contributed by atoms with Crippen molar-refractivity contribution in [3.63, 3.8) is 0 Å². The molecule has 0 spiro atoms. The summed E-state index contributed by atoms with van der Waals surface area (Å²) in [6.45, 7) is 1.49. The first-order valence-electron chi connectivity index (χ1n) is 7.56. The Morgan fingerprint density at radius 2 is 1.39 bits per heavy atom. The molecule has 3 rings (SSSR count). The monoisotopic (exact) mass is 304 g/mol. The minimum atomic E-state index is -0.152. The highest BCUT2D eigenvalue weighted by Crippen LogP contribution is 2.34. The van der Waals surface area contributed by atoms with Gasteiger partial charge in [-0.3, -0.25) is 9.59 Å². The molecule has 0 unspecified atom stereocenters. The molecule has 1 aliphatic rings. The number of hydrogen-bond acceptors (Lipinski definition) is 3. The Morgan fingerprint density at radius 1 is 0.826 bits per heavy atom. The number of allylic oxidation sites excluding steroid dienone is 2. The number of rotatable bonds is 4. The van der Waals surface area contributed by atoms with Crippen LogP contribution < -0.4 is 0 Å². The molecule has 0 aliphatic heterocycles. The highest BCUT2D eigenvalue weighted by Gasteiger charge is 2.32. The number of benzene rings is 2. The fourth-order valence-corrected chi connectivity index (χ4v) is 2.88. The molecule has 2 aromatic carbocycles. The van der Waals surface area contributed by atoms with Crippen LogP contribution in [0.3, 0.4) is 0 Å². The van der Waals surface area contributed by atoms with Crippen LogP contribution in [-0.2, 0) is 4.79 Å². The molecule has 0 aromatic heterocycles. The molecule has 0 radical (unpaired) electrons. The second kappa shape index (κ2) is 6.13. The zero-order valence-corrected chi connectivity index (χ0v) is 12.8. The summed E-state index contributed by atoms with van der Waals surface area (Å²) in [4.78, 5) is 37.1. The summed E-state index contributed by atoms with van der Waals surface area (Å²) in [5, 5.41) is 0. The SMILES string of the molecule is CC(=O)CCC1=C(c2ccccc2)C(=O)c2ccccc2C1=O. The van der Waals surface area contributed by atoms with Gasteiger partial charge in [0.2, 0.25) is 0 Å². The van der Waals surface area contributed by atoms with Crippen LogP contribution in [0.15, 0.2) is 60.2 Å². The summed E-state index contributed by atoms with van der Waals surface area (Å²) in [6.07, 6.45) is 0.547. The lowest BCUT2D eigenvalue weighted by atomic mass is 9.79. The molecule has 2 aromatic rings. The van der Waals surface area contributed by atoms with Crippen molar-refractivity contribution in [2.75, 3.05) is 0 Å². The van der Waals surface area contributed by atoms with Gasteiger partial charge in [-0.05, 0) is 18.9 Å². The molecule has 3 heteroatoms. The zero-order chi connectivity index (χ0) is 16.4. The zero-order valence-electron chi connectivity index (χ0n) is 12.8. The molecule has 114 valence electrons. The molecular weight excluding hydrogens is 288 g/mol. The Labute approximate surface area is 134 Å². The van der Waals surface area contributed by atoms with Crippen molar-refractivity contribution in [1.82, 2.24) is 0 Å². The van der Waals surface area contributed by atoms with Crippen molar-refractivity contribution in [2.24, 2.45) is 0 Å². The Kier molecular flexibility index (Phi) is 4.02. The van der Waals surface area contributed by atoms with Crippen LogP contribution in [-0.4, -0.2) is 17.3 Å². The maximum atomic E-state index is 12.9. The lowest BCUT2D eigenvalue weighted by Gasteiger charge is -2.21. The molecule has 0 saturated carbocycles. The van der Waals surface area contributed by atoms with E-state index in [4.69, 9.17) is 0 Å². The fraction of sp³-hybridized carbons (Fsp3) is 0.150. The molecule has 0 bridgehead atoms. The highest BCUT2D eigenvalue weighted by molar-refractivity contribution is 6.40. The van der Waals surface area contributed by atoms with Crippen molar-refractivity contribution >= 4 is 22.9 Å². The molecule has 1 aliphatic carbocycles. The van der Waals surface area contributed by atoms with E-state index in [-0.39, 0.29) is 23.8 Å². The topological polar surface area (TPSA) is 51.2 Å². The number of carbonyl (C=O) groups excluding carboxylic acids is 3. The van der Waals surface area contributed by atoms with Crippen molar-refractivity contribution in [3.8, 4) is 0 Å². The van der Waals surface area contributed by atoms with Gasteiger partial charge in [-0.2, -0.15) is 0 Å². The molecule has 0 saturated heterocycles. The molecule has 0 atom stereocenters. The van der Waals surface area contributed by atoms with Crippen molar-refractivity contribution in [1.29, 1.82) is 0 Å². The van der Waals surface area contributed by atoms with Gasteiger partial charge in [0, 0.05) is 28.7 Å². The van der Waals surface area contributed by atoms with E-state index in [0.29, 0.717) is 28.7 Å². The highest BCUT2D eigenvalue weighted by atomic mass is 16.1. The number of fused-ring (bicyclic) bond motifs is 1. The standard InChI is InChI=1S/C20H16O3/c1-13(21)11-12-17-18(14-7-3-2-4-8-14)20(23)16-10-6-5-9-15(16)19(17)22/h2-10H,11-12H2,1H3. The van der Waals surface area contributed by atoms with E-state index in [1.54, 1.807) is 24.3 Å². The summed E-state index contributed by atoms with van der Waals surface area (Å²) >= 11 is 0. The first-order valence-corrected chi connectivity index (χ1v) is 7.56. The Morgan fingerprint density at radius 3 is 2.00 bits per heavy atom. The third-order valence-corrected chi connectivity index (χ3v) is 4.01. The average Bonchev–Trinajstić information content (AvgIpc) is 2.57. The lowest BCUT2D eigenvalue weighted by Crippen LogP contribution is -2.21. The molecular formula is C20H16O3. The van der Waals surface area contributed by atoms with Crippen LogP contribution in [0, 0.1) is 0 Å². The van der Waals surface area contributed by atoms with E-state index in [2.05, 4.69) is 0 Å². The predicted molar refractivity (Wildman–Crippen MR) is 88.4 cm³/mol. The summed E-state index contributed by atoms with van der Waals surface area (Å²) in [6, 6.07) is 16.0. The Hall–Kier alpha value is -2.81. The van der Waals surface area contributed by atoms with Crippen LogP contribution in [0.1, 0.15) is 46.0 Å². The summed E-state index contributed by atoms with van der Waals surface area (Å²) in [5.74, 6) is -0.297. The summed E-state index contributed by atoms with van der Waals surface area (Å²) < 4.78 is 0. The van der Waals surface area contributed by atoms with Gasteiger partial charge in [-0.1, -0.05) is 54.6 Å². The third kappa shape index (κ3) is 2.78. The van der Waals surface area contributed by atoms with Gasteiger partial charge in [0.15, 0.2) is 11.6 Å². The van der Waals surface area contributed by atoms with Crippen LogP contribution in [0.25, 0.3) is 5.57 Å². The van der Waals surface area contributed by atoms with Gasteiger partial charge in [-0.25, -0.2) is 0 Å². The quantitative estimate of drug-likeness (QED) is 0.861. The number of Topliss-reactive ketones (excluding diaryl/α,β-unsaturated/α-hetero) is 3. The predicted octanol–water partition coefficient (Wildman–Crippen LogP) is 3.89. The van der Waals surface area contributed by atoms with E-state index >= 15 is 0 Å². The average molecular weight is 304 g/mol. The van der Waals surface area contributed by atoms with E-state index in [1.165, 1.54) is 6.92 Å². The minimum Gasteiger partial charge on any atom is -0.300 e. The van der Waals surface area contributed by atoms with Crippen LogP contribution >= 0.6 is 0 Å². The van der Waals surface area contributed by atoms with Gasteiger partial charge < -0.3 is 4.79 Å². The minimum absolute atomic E-state index is 0.00372. The number of carbonyl (C=O) groups is 3. The van der Waals surface area contributed by atoms with E-state index in [0.717, 1.165) is 5.56 Å². The lowest BCUT2D eigenvalue weighted by molar-refractivity contribution is -0.116. The number of ketones is 3. The van der Waals surface area contributed by atoms with Crippen LogP contribution in [0.2, 0.25) is 0 Å². The number of hydrogen-bond donors (Lipinski definition) is 0. The van der Waals surface area contributed by atoms with Gasteiger partial charge in [0.05, 0.1) is 0 Å². The van der Waals surface area contributed by atoms with Crippen molar-refractivity contribution < 1.29 is 14.4 Å². The molecule has 0 heterocycles. The van der Waals surface area contributed by atoms with Gasteiger partial charge >= 0.3 is 0 Å². The summed E-state index contributed by atoms with van der Waals surface area (Å²) in [7, 11) is 0. The molecule has 0 fully saturated rings. The Balaban J connectivity index is 2.19. The van der Waals surface area contributed by atoms with Crippen LogP contribution in [0.4, 0.5) is 0 Å². The normalized spacial score (nSPS) is 14.0. The van der Waals surface area contributed by atoms with Crippen molar-refractivity contribution in [2.45, 2.75) is 19.8 Å². The Bertz CT molecular complexity index is 829. The first kappa shape index (κ1) is 15.1. The molecule has 0 N–H and O–H groups in total. The molecule has 0 amide bonds. The molecule has 3 nitrogen and oxygen atoms in total. The largest absolute Gasteiger partial charge is 0.300 e. The maximum Gasteiger partial charge on any atom is 0.194 e. The second-order valence-corrected chi connectivity index (χ2v) is 5.63. The van der Waals surface area contributed by atoms with E-state index in [1.807, 2.05) is 30.3 Å². The first-order chi connectivity index (χ1) is 11.1. The smallest absolute Gasteiger partial charge is 0.194 e.